The Labute approximate surface area is 115 Å². The molecule has 0 saturated carbocycles. The van der Waals surface area contributed by atoms with E-state index in [0.29, 0.717) is 24.5 Å². The maximum Gasteiger partial charge on any atom is 0.321 e. The van der Waals surface area contributed by atoms with Gasteiger partial charge in [0.25, 0.3) is 0 Å². The van der Waals surface area contributed by atoms with Crippen LogP contribution in [0, 0.1) is 0 Å². The predicted molar refractivity (Wildman–Crippen MR) is 72.7 cm³/mol. The van der Waals surface area contributed by atoms with Crippen molar-refractivity contribution < 1.29 is 19.5 Å². The van der Waals surface area contributed by atoms with Crippen molar-refractivity contribution in [2.24, 2.45) is 0 Å². The fourth-order valence-corrected chi connectivity index (χ4v) is 1.91. The van der Waals surface area contributed by atoms with Gasteiger partial charge in [-0.15, -0.1) is 0 Å². The Kier molecular flexibility index (Phi) is 4.19. The highest BCUT2D eigenvalue weighted by molar-refractivity contribution is 5.96. The zero-order valence-electron chi connectivity index (χ0n) is 10.8. The summed E-state index contributed by atoms with van der Waals surface area (Å²) in [6.07, 6.45) is -0.288. The minimum Gasteiger partial charge on any atom is -0.481 e. The van der Waals surface area contributed by atoms with Crippen molar-refractivity contribution in [3.05, 3.63) is 24.3 Å². The smallest absolute Gasteiger partial charge is 0.321 e. The minimum atomic E-state index is -1.01. The van der Waals surface area contributed by atoms with E-state index in [4.69, 9.17) is 5.11 Å². The average Bonchev–Trinajstić information content (AvgIpc) is 2.83. The first-order valence-electron chi connectivity index (χ1n) is 6.23. The van der Waals surface area contributed by atoms with Crippen LogP contribution in [-0.4, -0.2) is 36.1 Å². The molecule has 1 fully saturated rings. The lowest BCUT2D eigenvalue weighted by atomic mass is 10.2. The lowest BCUT2D eigenvalue weighted by molar-refractivity contribution is -0.138. The van der Waals surface area contributed by atoms with Crippen molar-refractivity contribution in [3.63, 3.8) is 0 Å². The maximum atomic E-state index is 11.5. The van der Waals surface area contributed by atoms with Crippen molar-refractivity contribution in [2.45, 2.75) is 12.8 Å². The number of nitrogens with one attached hydrogen (secondary N) is 2. The molecule has 0 aliphatic carbocycles. The number of anilines is 2. The van der Waals surface area contributed by atoms with Gasteiger partial charge in [0.05, 0.1) is 6.42 Å². The van der Waals surface area contributed by atoms with Gasteiger partial charge >= 0.3 is 12.0 Å². The maximum absolute atomic E-state index is 11.5. The first kappa shape index (κ1) is 13.9. The van der Waals surface area contributed by atoms with Gasteiger partial charge in [-0.05, 0) is 18.2 Å². The molecule has 1 aromatic carbocycles. The SMILES string of the molecule is O=C(O)CCC(=O)Nc1cccc(N2CCNC2=O)c1. The Balaban J connectivity index is 2.00. The molecule has 1 aliphatic rings. The van der Waals surface area contributed by atoms with Crippen molar-refractivity contribution >= 4 is 29.3 Å². The number of hydrogen-bond acceptors (Lipinski definition) is 3. The molecule has 7 heteroatoms. The lowest BCUT2D eigenvalue weighted by Crippen LogP contribution is -2.27. The van der Waals surface area contributed by atoms with E-state index in [1.807, 2.05) is 0 Å². The van der Waals surface area contributed by atoms with Gasteiger partial charge in [-0.2, -0.15) is 0 Å². The number of amides is 3. The number of benzene rings is 1. The predicted octanol–water partition coefficient (Wildman–Crippen LogP) is 1.02. The summed E-state index contributed by atoms with van der Waals surface area (Å²) in [5.74, 6) is -1.38. The van der Waals surface area contributed by atoms with E-state index in [1.165, 1.54) is 0 Å². The molecular formula is C13H15N3O4. The molecule has 0 bridgehead atoms. The third kappa shape index (κ3) is 3.47. The molecule has 1 aromatic rings. The first-order chi connectivity index (χ1) is 9.56. The zero-order valence-corrected chi connectivity index (χ0v) is 10.8. The van der Waals surface area contributed by atoms with Crippen molar-refractivity contribution in [1.29, 1.82) is 0 Å². The van der Waals surface area contributed by atoms with E-state index in [1.54, 1.807) is 29.2 Å². The number of carboxylic acids is 1. The Morgan fingerprint density at radius 1 is 1.35 bits per heavy atom. The number of rotatable bonds is 5. The molecule has 106 valence electrons. The summed E-state index contributed by atoms with van der Waals surface area (Å²) in [5.41, 5.74) is 1.23. The molecular weight excluding hydrogens is 262 g/mol. The number of nitrogens with zero attached hydrogens (tertiary/aromatic N) is 1. The third-order valence-corrected chi connectivity index (χ3v) is 2.86. The topological polar surface area (TPSA) is 98.7 Å². The van der Waals surface area contributed by atoms with Gasteiger partial charge in [0.15, 0.2) is 0 Å². The number of carboxylic acid groups (broad SMARTS) is 1. The van der Waals surface area contributed by atoms with Crippen LogP contribution in [0.2, 0.25) is 0 Å². The van der Waals surface area contributed by atoms with Gasteiger partial charge in [0.1, 0.15) is 0 Å². The monoisotopic (exact) mass is 277 g/mol. The van der Waals surface area contributed by atoms with Crippen LogP contribution in [0.5, 0.6) is 0 Å². The van der Waals surface area contributed by atoms with Crippen LogP contribution in [0.15, 0.2) is 24.3 Å². The Bertz CT molecular complexity index is 544. The van der Waals surface area contributed by atoms with Crippen LogP contribution in [0.3, 0.4) is 0 Å². The molecule has 0 radical (unpaired) electrons. The van der Waals surface area contributed by atoms with Gasteiger partial charge in [-0.25, -0.2) is 4.79 Å². The highest BCUT2D eigenvalue weighted by Crippen LogP contribution is 2.21. The summed E-state index contributed by atoms with van der Waals surface area (Å²) in [5, 5.41) is 13.8. The van der Waals surface area contributed by atoms with E-state index >= 15 is 0 Å². The van der Waals surface area contributed by atoms with E-state index in [9.17, 15) is 14.4 Å². The molecule has 1 saturated heterocycles. The van der Waals surface area contributed by atoms with Crippen LogP contribution in [0.4, 0.5) is 16.2 Å². The van der Waals surface area contributed by atoms with Crippen LogP contribution in [0.25, 0.3) is 0 Å². The van der Waals surface area contributed by atoms with Gasteiger partial charge in [0.2, 0.25) is 5.91 Å². The molecule has 3 amide bonds. The van der Waals surface area contributed by atoms with Gasteiger partial charge in [-0.3, -0.25) is 14.5 Å². The summed E-state index contributed by atoms with van der Waals surface area (Å²) in [7, 11) is 0. The summed E-state index contributed by atoms with van der Waals surface area (Å²) < 4.78 is 0. The molecule has 0 atom stereocenters. The molecule has 0 aromatic heterocycles. The van der Waals surface area contributed by atoms with E-state index in [2.05, 4.69) is 10.6 Å². The quantitative estimate of drug-likeness (QED) is 0.748. The second-order valence-electron chi connectivity index (χ2n) is 4.38. The number of aliphatic carboxylic acids is 1. The number of carbonyl (C=O) groups is 3. The van der Waals surface area contributed by atoms with Crippen LogP contribution < -0.4 is 15.5 Å². The van der Waals surface area contributed by atoms with E-state index < -0.39 is 5.97 Å². The zero-order chi connectivity index (χ0) is 14.5. The van der Waals surface area contributed by atoms with Crippen molar-refractivity contribution in [3.8, 4) is 0 Å². The highest BCUT2D eigenvalue weighted by Gasteiger charge is 2.21. The standard InChI is InChI=1S/C13H15N3O4/c17-11(4-5-12(18)19)15-9-2-1-3-10(8-9)16-7-6-14-13(16)20/h1-3,8H,4-7H2,(H,14,20)(H,15,17)(H,18,19). The van der Waals surface area contributed by atoms with Gasteiger partial charge in [-0.1, -0.05) is 6.07 Å². The lowest BCUT2D eigenvalue weighted by Gasteiger charge is -2.15. The average molecular weight is 277 g/mol. The Hall–Kier alpha value is -2.57. The molecule has 0 unspecified atom stereocenters. The first-order valence-corrected chi connectivity index (χ1v) is 6.23. The number of carbonyl (C=O) groups excluding carboxylic acids is 2. The largest absolute Gasteiger partial charge is 0.481 e. The molecule has 0 spiro atoms. The van der Waals surface area contributed by atoms with Crippen LogP contribution in [-0.2, 0) is 9.59 Å². The van der Waals surface area contributed by atoms with Gasteiger partial charge < -0.3 is 15.7 Å². The fourth-order valence-electron chi connectivity index (χ4n) is 1.91. The summed E-state index contributed by atoms with van der Waals surface area (Å²) in [6.45, 7) is 1.17. The molecule has 3 N–H and O–H groups in total. The third-order valence-electron chi connectivity index (χ3n) is 2.86. The summed E-state index contributed by atoms with van der Waals surface area (Å²) in [4.78, 5) is 35.1. The van der Waals surface area contributed by atoms with Crippen molar-refractivity contribution in [1.82, 2.24) is 5.32 Å². The Morgan fingerprint density at radius 3 is 2.80 bits per heavy atom. The van der Waals surface area contributed by atoms with Crippen LogP contribution >= 0.6 is 0 Å². The van der Waals surface area contributed by atoms with Crippen LogP contribution in [0.1, 0.15) is 12.8 Å². The summed E-state index contributed by atoms with van der Waals surface area (Å²) >= 11 is 0. The molecule has 20 heavy (non-hydrogen) atoms. The number of hydrogen-bond donors (Lipinski definition) is 3. The molecule has 2 rings (SSSR count). The minimum absolute atomic E-state index is 0.0796. The van der Waals surface area contributed by atoms with E-state index in [-0.39, 0.29) is 24.8 Å². The second-order valence-corrected chi connectivity index (χ2v) is 4.38. The molecule has 1 heterocycles. The molecule has 7 nitrogen and oxygen atoms in total. The van der Waals surface area contributed by atoms with E-state index in [0.717, 1.165) is 0 Å². The summed E-state index contributed by atoms with van der Waals surface area (Å²) in [6, 6.07) is 6.71. The van der Waals surface area contributed by atoms with Crippen molar-refractivity contribution in [2.75, 3.05) is 23.3 Å². The highest BCUT2D eigenvalue weighted by atomic mass is 16.4. The fraction of sp³-hybridized carbons (Fsp3) is 0.308. The number of urea groups is 1. The van der Waals surface area contributed by atoms with Gasteiger partial charge in [0, 0.05) is 30.9 Å². The second kappa shape index (κ2) is 6.05. The normalized spacial score (nSPS) is 14.0. The Morgan fingerprint density at radius 2 is 2.15 bits per heavy atom. The molecule has 1 aliphatic heterocycles.